The third-order valence-electron chi connectivity index (χ3n) is 7.04. The van der Waals surface area contributed by atoms with E-state index >= 15 is 0 Å². The normalized spacial score (nSPS) is 24.3. The molecule has 0 spiro atoms. The van der Waals surface area contributed by atoms with Gasteiger partial charge in [-0.05, 0) is 93.0 Å². The second kappa shape index (κ2) is 10.5. The Balaban J connectivity index is 1.45. The lowest BCUT2D eigenvalue weighted by molar-refractivity contribution is -0.275. The minimum absolute atomic E-state index is 0.00455. The molecule has 4 rings (SSSR count). The van der Waals surface area contributed by atoms with Crippen LogP contribution in [0.5, 0.6) is 5.75 Å². The smallest absolute Gasteiger partial charge is 0.403 e. The van der Waals surface area contributed by atoms with Gasteiger partial charge in [0.25, 0.3) is 0 Å². The van der Waals surface area contributed by atoms with Crippen LogP contribution < -0.4 is 4.74 Å². The van der Waals surface area contributed by atoms with Crippen LogP contribution in [-0.4, -0.2) is 19.1 Å². The number of rotatable bonds is 4. The number of hydrogen-bond acceptors (Lipinski definition) is 2. The number of benzene rings is 2. The van der Waals surface area contributed by atoms with Gasteiger partial charge in [0.05, 0.1) is 17.2 Å². The number of ether oxygens (including phenoxy) is 2. The summed E-state index contributed by atoms with van der Waals surface area (Å²) in [6, 6.07) is 6.25. The minimum atomic E-state index is -5.16. The van der Waals surface area contributed by atoms with Crippen LogP contribution >= 0.6 is 0 Å². The molecule has 0 heterocycles. The summed E-state index contributed by atoms with van der Waals surface area (Å²) in [5, 5.41) is 0. The van der Waals surface area contributed by atoms with Crippen molar-refractivity contribution in [1.82, 2.24) is 0 Å². The summed E-state index contributed by atoms with van der Waals surface area (Å²) in [5.41, 5.74) is 0.390. The van der Waals surface area contributed by atoms with Gasteiger partial charge in [-0.2, -0.15) is 4.39 Å². The van der Waals surface area contributed by atoms with Crippen molar-refractivity contribution < 1.29 is 35.8 Å². The molecule has 0 aromatic heterocycles. The summed E-state index contributed by atoms with van der Waals surface area (Å²) >= 11 is 0. The molecule has 0 amide bonds. The van der Waals surface area contributed by atoms with Gasteiger partial charge in [0.1, 0.15) is 5.82 Å². The van der Waals surface area contributed by atoms with Crippen molar-refractivity contribution in [3.8, 4) is 17.6 Å². The van der Waals surface area contributed by atoms with Crippen LogP contribution in [0.15, 0.2) is 30.3 Å². The van der Waals surface area contributed by atoms with Gasteiger partial charge in [-0.25, -0.2) is 8.78 Å². The molecule has 2 aliphatic rings. The van der Waals surface area contributed by atoms with Gasteiger partial charge in [-0.15, -0.1) is 13.2 Å². The van der Waals surface area contributed by atoms with Crippen molar-refractivity contribution in [2.24, 2.45) is 11.8 Å². The maximum Gasteiger partial charge on any atom is 0.573 e. The molecule has 0 radical (unpaired) electrons. The van der Waals surface area contributed by atoms with Crippen molar-refractivity contribution in [3.63, 3.8) is 0 Å². The Labute approximate surface area is 200 Å². The predicted octanol–water partition coefficient (Wildman–Crippen LogP) is 7.49. The highest BCUT2D eigenvalue weighted by atomic mass is 19.4. The van der Waals surface area contributed by atoms with E-state index in [9.17, 15) is 26.3 Å². The Kier molecular flexibility index (Phi) is 7.65. The van der Waals surface area contributed by atoms with Gasteiger partial charge in [-0.3, -0.25) is 0 Å². The molecule has 35 heavy (non-hydrogen) atoms. The molecule has 4 atom stereocenters. The van der Waals surface area contributed by atoms with E-state index in [-0.39, 0.29) is 11.5 Å². The molecule has 0 bridgehead atoms. The molecule has 2 saturated carbocycles. The molecule has 4 unspecified atom stereocenters. The van der Waals surface area contributed by atoms with Crippen molar-refractivity contribution >= 4 is 0 Å². The van der Waals surface area contributed by atoms with E-state index in [0.717, 1.165) is 56.8 Å². The van der Waals surface area contributed by atoms with Crippen LogP contribution in [0.25, 0.3) is 0 Å². The van der Waals surface area contributed by atoms with Crippen molar-refractivity contribution in [3.05, 3.63) is 64.5 Å². The van der Waals surface area contributed by atoms with Gasteiger partial charge in [-0.1, -0.05) is 17.9 Å². The van der Waals surface area contributed by atoms with Gasteiger partial charge >= 0.3 is 6.36 Å². The number of hydrogen-bond donors (Lipinski definition) is 0. The molecule has 2 aromatic rings. The third kappa shape index (κ3) is 6.13. The van der Waals surface area contributed by atoms with Crippen LogP contribution in [-0.2, 0) is 4.74 Å². The quantitative estimate of drug-likeness (QED) is 0.323. The molecule has 2 aromatic carbocycles. The number of halogens is 6. The van der Waals surface area contributed by atoms with Gasteiger partial charge in [0.2, 0.25) is 5.82 Å². The van der Waals surface area contributed by atoms with Crippen molar-refractivity contribution in [2.45, 2.75) is 63.8 Å². The number of fused-ring (bicyclic) bond motifs is 1. The van der Waals surface area contributed by atoms with Crippen LogP contribution in [0.3, 0.4) is 0 Å². The third-order valence-corrected chi connectivity index (χ3v) is 7.04. The van der Waals surface area contributed by atoms with E-state index in [1.54, 1.807) is 6.07 Å². The van der Waals surface area contributed by atoms with Crippen molar-refractivity contribution in [1.29, 1.82) is 0 Å². The predicted molar refractivity (Wildman–Crippen MR) is 118 cm³/mol. The summed E-state index contributed by atoms with van der Waals surface area (Å²) < 4.78 is 88.9. The Hall–Kier alpha value is -2.66. The molecule has 188 valence electrons. The molecule has 2 nitrogen and oxygen atoms in total. The highest BCUT2D eigenvalue weighted by molar-refractivity contribution is 5.47. The van der Waals surface area contributed by atoms with E-state index < -0.39 is 35.1 Å². The SMILES string of the molecule is CCOC1CCC2CC(c3ccc(C#Cc4ccc(OC(F)(F)F)c(F)c4F)c(F)c3)CCC2C1. The van der Waals surface area contributed by atoms with Gasteiger partial charge < -0.3 is 9.47 Å². The van der Waals surface area contributed by atoms with E-state index in [2.05, 4.69) is 16.6 Å². The molecule has 0 aliphatic heterocycles. The fourth-order valence-electron chi connectivity index (χ4n) is 5.39. The van der Waals surface area contributed by atoms with Crippen LogP contribution in [0.1, 0.15) is 68.1 Å². The second-order valence-corrected chi connectivity index (χ2v) is 9.20. The first kappa shape index (κ1) is 25.4. The molecule has 2 fully saturated rings. The van der Waals surface area contributed by atoms with Crippen molar-refractivity contribution in [2.75, 3.05) is 6.61 Å². The fourth-order valence-corrected chi connectivity index (χ4v) is 5.39. The number of alkyl halides is 3. The molecule has 2 aliphatic carbocycles. The summed E-state index contributed by atoms with van der Waals surface area (Å²) in [5.74, 6) is 0.987. The zero-order chi connectivity index (χ0) is 25.2. The highest BCUT2D eigenvalue weighted by Gasteiger charge is 2.36. The maximum atomic E-state index is 14.8. The first-order valence-corrected chi connectivity index (χ1v) is 11.8. The standard InChI is InChI=1S/C27H26F6O2/c1-2-34-22-11-9-19-13-18(7-8-20(19)14-22)21-6-4-16(23(28)15-21)3-5-17-10-12-24(26(30)25(17)29)35-27(31,32)33/h4,6,10,12,15,18-20,22H,2,7-9,11,13-14H2,1H3. The Morgan fingerprint density at radius 3 is 2.26 bits per heavy atom. The molecule has 0 N–H and O–H groups in total. The Bertz CT molecular complexity index is 1120. The minimum Gasteiger partial charge on any atom is -0.403 e. The molecule has 8 heteroatoms. The highest BCUT2D eigenvalue weighted by Crippen LogP contribution is 2.46. The lowest BCUT2D eigenvalue weighted by Crippen LogP contribution is -2.33. The lowest BCUT2D eigenvalue weighted by Gasteiger charge is -2.42. The van der Waals surface area contributed by atoms with E-state index in [1.807, 2.05) is 6.92 Å². The molecular formula is C27H26F6O2. The second-order valence-electron chi connectivity index (χ2n) is 9.20. The first-order chi connectivity index (χ1) is 16.6. The Morgan fingerprint density at radius 1 is 0.857 bits per heavy atom. The summed E-state index contributed by atoms with van der Waals surface area (Å²) in [6.07, 6.45) is 1.52. The first-order valence-electron chi connectivity index (χ1n) is 11.8. The van der Waals surface area contributed by atoms with Gasteiger partial charge in [0.15, 0.2) is 11.6 Å². The van der Waals surface area contributed by atoms with E-state index in [0.29, 0.717) is 24.0 Å². The zero-order valence-corrected chi connectivity index (χ0v) is 19.2. The monoisotopic (exact) mass is 496 g/mol. The maximum absolute atomic E-state index is 14.8. The summed E-state index contributed by atoms with van der Waals surface area (Å²) in [6.45, 7) is 2.75. The fraction of sp³-hybridized carbons (Fsp3) is 0.481. The zero-order valence-electron chi connectivity index (χ0n) is 19.2. The molecule has 0 saturated heterocycles. The summed E-state index contributed by atoms with van der Waals surface area (Å²) in [4.78, 5) is 0. The van der Waals surface area contributed by atoms with Crippen LogP contribution in [0.2, 0.25) is 0 Å². The molecular weight excluding hydrogens is 470 g/mol. The topological polar surface area (TPSA) is 18.5 Å². The van der Waals surface area contributed by atoms with E-state index in [4.69, 9.17) is 4.74 Å². The average molecular weight is 496 g/mol. The Morgan fingerprint density at radius 2 is 1.54 bits per heavy atom. The van der Waals surface area contributed by atoms with Crippen LogP contribution in [0.4, 0.5) is 26.3 Å². The van der Waals surface area contributed by atoms with Crippen LogP contribution in [0, 0.1) is 41.1 Å². The van der Waals surface area contributed by atoms with Gasteiger partial charge in [0, 0.05) is 6.61 Å². The average Bonchev–Trinajstić information content (AvgIpc) is 2.81. The van der Waals surface area contributed by atoms with E-state index in [1.165, 1.54) is 12.1 Å². The lowest BCUT2D eigenvalue weighted by atomic mass is 9.65. The largest absolute Gasteiger partial charge is 0.573 e. The summed E-state index contributed by atoms with van der Waals surface area (Å²) in [7, 11) is 0.